The van der Waals surface area contributed by atoms with Crippen molar-refractivity contribution < 1.29 is 19.1 Å². The summed E-state index contributed by atoms with van der Waals surface area (Å²) in [4.78, 5) is 23.9. The number of carbonyl (C=O) groups is 2. The molecule has 0 saturated carbocycles. The van der Waals surface area contributed by atoms with Gasteiger partial charge in [0.25, 0.3) is 5.91 Å². The molecule has 24 heavy (non-hydrogen) atoms. The lowest BCUT2D eigenvalue weighted by Gasteiger charge is -2.07. The second-order valence-electron chi connectivity index (χ2n) is 5.23. The van der Waals surface area contributed by atoms with E-state index in [4.69, 9.17) is 9.47 Å². The molecule has 0 radical (unpaired) electrons. The highest BCUT2D eigenvalue weighted by molar-refractivity contribution is 6.35. The van der Waals surface area contributed by atoms with Crippen molar-refractivity contribution in [2.24, 2.45) is 0 Å². The van der Waals surface area contributed by atoms with E-state index in [1.807, 2.05) is 31.2 Å². The molecule has 1 aliphatic rings. The van der Waals surface area contributed by atoms with Gasteiger partial charge in [-0.05, 0) is 31.2 Å². The molecular formula is C19H17NO4. The number of ether oxygens (including phenoxy) is 2. The maximum atomic E-state index is 12.3. The Morgan fingerprint density at radius 1 is 1.21 bits per heavy atom. The smallest absolute Gasteiger partial charge is 0.337 e. The van der Waals surface area contributed by atoms with Gasteiger partial charge < -0.3 is 14.8 Å². The first-order valence-corrected chi connectivity index (χ1v) is 7.61. The molecule has 0 spiro atoms. The minimum atomic E-state index is -0.439. The molecule has 1 N–H and O–H groups in total. The van der Waals surface area contributed by atoms with E-state index < -0.39 is 5.97 Å². The summed E-state index contributed by atoms with van der Waals surface area (Å²) in [7, 11) is 1.32. The molecule has 2 aromatic rings. The van der Waals surface area contributed by atoms with Gasteiger partial charge in [0.1, 0.15) is 5.75 Å². The Labute approximate surface area is 139 Å². The van der Waals surface area contributed by atoms with E-state index >= 15 is 0 Å². The normalized spacial score (nSPS) is 14.2. The second-order valence-corrected chi connectivity index (χ2v) is 5.23. The number of hydrogen-bond acceptors (Lipinski definition) is 4. The first-order chi connectivity index (χ1) is 11.6. The molecule has 1 aliphatic heterocycles. The van der Waals surface area contributed by atoms with Crippen molar-refractivity contribution in [3.8, 4) is 5.75 Å². The predicted molar refractivity (Wildman–Crippen MR) is 91.9 cm³/mol. The average molecular weight is 323 g/mol. The molecule has 3 rings (SSSR count). The Hall–Kier alpha value is -3.08. The second kappa shape index (κ2) is 6.58. The Morgan fingerprint density at radius 3 is 2.75 bits per heavy atom. The molecule has 0 unspecified atom stereocenters. The monoisotopic (exact) mass is 323 g/mol. The van der Waals surface area contributed by atoms with Crippen LogP contribution in [0.25, 0.3) is 11.6 Å². The fourth-order valence-electron chi connectivity index (χ4n) is 2.62. The van der Waals surface area contributed by atoms with Crippen molar-refractivity contribution in [1.29, 1.82) is 0 Å². The van der Waals surface area contributed by atoms with Crippen LogP contribution in [-0.2, 0) is 9.53 Å². The van der Waals surface area contributed by atoms with Crippen LogP contribution in [0, 0.1) is 0 Å². The SMILES string of the molecule is CCOc1ccccc1/C=C1/C(=O)Nc2cc(C(=O)OC)ccc21. The first-order valence-electron chi connectivity index (χ1n) is 7.61. The molecule has 5 heteroatoms. The topological polar surface area (TPSA) is 64.6 Å². The van der Waals surface area contributed by atoms with E-state index in [9.17, 15) is 9.59 Å². The molecule has 0 bridgehead atoms. The number of amides is 1. The van der Waals surface area contributed by atoms with E-state index in [1.165, 1.54) is 7.11 Å². The van der Waals surface area contributed by atoms with Crippen LogP contribution in [0.3, 0.4) is 0 Å². The molecule has 122 valence electrons. The number of hydrogen-bond donors (Lipinski definition) is 1. The minimum Gasteiger partial charge on any atom is -0.493 e. The van der Waals surface area contributed by atoms with Gasteiger partial charge in [-0.3, -0.25) is 4.79 Å². The van der Waals surface area contributed by atoms with Crippen LogP contribution in [0.4, 0.5) is 5.69 Å². The van der Waals surface area contributed by atoms with Gasteiger partial charge in [-0.2, -0.15) is 0 Å². The molecule has 1 heterocycles. The molecule has 0 atom stereocenters. The first kappa shape index (κ1) is 15.8. The minimum absolute atomic E-state index is 0.210. The fraction of sp³-hybridized carbons (Fsp3) is 0.158. The Bertz CT molecular complexity index is 839. The number of rotatable bonds is 4. The summed E-state index contributed by atoms with van der Waals surface area (Å²) >= 11 is 0. The third-order valence-corrected chi connectivity index (χ3v) is 3.74. The quantitative estimate of drug-likeness (QED) is 0.692. The number of anilines is 1. The lowest BCUT2D eigenvalue weighted by Crippen LogP contribution is -2.04. The summed E-state index contributed by atoms with van der Waals surface area (Å²) in [5, 5.41) is 2.78. The van der Waals surface area contributed by atoms with Gasteiger partial charge in [-0.1, -0.05) is 24.3 Å². The number of carbonyl (C=O) groups excluding carboxylic acids is 2. The van der Waals surface area contributed by atoms with Crippen LogP contribution >= 0.6 is 0 Å². The van der Waals surface area contributed by atoms with Gasteiger partial charge in [0, 0.05) is 22.4 Å². The summed E-state index contributed by atoms with van der Waals surface area (Å²) in [6.07, 6.45) is 1.80. The van der Waals surface area contributed by atoms with E-state index in [-0.39, 0.29) is 5.91 Å². The summed E-state index contributed by atoms with van der Waals surface area (Å²) in [6, 6.07) is 12.5. The molecule has 0 saturated heterocycles. The Kier molecular flexibility index (Phi) is 4.33. The number of fused-ring (bicyclic) bond motifs is 1. The summed E-state index contributed by atoms with van der Waals surface area (Å²) < 4.78 is 10.3. The maximum absolute atomic E-state index is 12.3. The number of esters is 1. The zero-order chi connectivity index (χ0) is 17.1. The van der Waals surface area contributed by atoms with Gasteiger partial charge >= 0.3 is 5.97 Å². The number of methoxy groups -OCH3 is 1. The van der Waals surface area contributed by atoms with Crippen LogP contribution in [0.2, 0.25) is 0 Å². The molecular weight excluding hydrogens is 306 g/mol. The van der Waals surface area contributed by atoms with E-state index in [0.717, 1.165) is 16.9 Å². The molecule has 0 aliphatic carbocycles. The zero-order valence-corrected chi connectivity index (χ0v) is 13.5. The van der Waals surface area contributed by atoms with Gasteiger partial charge in [-0.15, -0.1) is 0 Å². The third kappa shape index (κ3) is 2.88. The number of nitrogens with one attached hydrogen (secondary N) is 1. The Morgan fingerprint density at radius 2 is 2.00 bits per heavy atom. The van der Waals surface area contributed by atoms with E-state index in [0.29, 0.717) is 23.4 Å². The lowest BCUT2D eigenvalue weighted by molar-refractivity contribution is -0.110. The average Bonchev–Trinajstić information content (AvgIpc) is 2.91. The standard InChI is InChI=1S/C19H17NO4/c1-3-24-17-7-5-4-6-12(17)10-15-14-9-8-13(19(22)23-2)11-16(14)20-18(15)21/h4-11H,3H2,1-2H3,(H,20,21)/b15-10+. The van der Waals surface area contributed by atoms with Crippen molar-refractivity contribution in [3.63, 3.8) is 0 Å². The molecule has 5 nitrogen and oxygen atoms in total. The zero-order valence-electron chi connectivity index (χ0n) is 13.5. The highest BCUT2D eigenvalue weighted by atomic mass is 16.5. The lowest BCUT2D eigenvalue weighted by atomic mass is 10.0. The van der Waals surface area contributed by atoms with Crippen LogP contribution in [0.1, 0.15) is 28.4 Å². The third-order valence-electron chi connectivity index (χ3n) is 3.74. The van der Waals surface area contributed by atoms with Crippen LogP contribution in [0.15, 0.2) is 42.5 Å². The van der Waals surface area contributed by atoms with Gasteiger partial charge in [0.2, 0.25) is 0 Å². The van der Waals surface area contributed by atoms with E-state index in [1.54, 1.807) is 24.3 Å². The number of para-hydroxylation sites is 1. The van der Waals surface area contributed by atoms with Crippen molar-refractivity contribution >= 4 is 29.2 Å². The largest absolute Gasteiger partial charge is 0.493 e. The highest BCUT2D eigenvalue weighted by Crippen LogP contribution is 2.35. The summed E-state index contributed by atoms with van der Waals surface area (Å²) in [5.41, 5.74) is 3.11. The molecule has 2 aromatic carbocycles. The van der Waals surface area contributed by atoms with Crippen LogP contribution in [0.5, 0.6) is 5.75 Å². The van der Waals surface area contributed by atoms with Crippen molar-refractivity contribution in [1.82, 2.24) is 0 Å². The van der Waals surface area contributed by atoms with Gasteiger partial charge in [0.05, 0.1) is 19.3 Å². The van der Waals surface area contributed by atoms with Gasteiger partial charge in [0.15, 0.2) is 0 Å². The maximum Gasteiger partial charge on any atom is 0.337 e. The van der Waals surface area contributed by atoms with E-state index in [2.05, 4.69) is 5.32 Å². The summed E-state index contributed by atoms with van der Waals surface area (Å²) in [6.45, 7) is 2.46. The van der Waals surface area contributed by atoms with Crippen molar-refractivity contribution in [2.75, 3.05) is 19.0 Å². The molecule has 1 amide bonds. The Balaban J connectivity index is 2.03. The summed E-state index contributed by atoms with van der Waals surface area (Å²) in [5.74, 6) is 0.0735. The van der Waals surface area contributed by atoms with Crippen LogP contribution in [-0.4, -0.2) is 25.6 Å². The molecule has 0 aromatic heterocycles. The van der Waals surface area contributed by atoms with Gasteiger partial charge in [-0.25, -0.2) is 4.79 Å². The predicted octanol–water partition coefficient (Wildman–Crippen LogP) is 3.36. The van der Waals surface area contributed by atoms with Crippen molar-refractivity contribution in [3.05, 3.63) is 59.2 Å². The van der Waals surface area contributed by atoms with Crippen LogP contribution < -0.4 is 10.1 Å². The van der Waals surface area contributed by atoms with Crippen molar-refractivity contribution in [2.45, 2.75) is 6.92 Å². The highest BCUT2D eigenvalue weighted by Gasteiger charge is 2.25. The fourth-order valence-corrected chi connectivity index (χ4v) is 2.62. The molecule has 0 fully saturated rings. The number of benzene rings is 2.